The molecule has 0 aliphatic rings. The number of benzene rings is 2. The number of halogens is 1. The molecule has 0 radical (unpaired) electrons. The normalized spacial score (nSPS) is 10.4. The molecule has 0 unspecified atom stereocenters. The number of carboxylic acid groups (broad SMARTS) is 1. The molecule has 0 fully saturated rings. The van der Waals surface area contributed by atoms with Crippen LogP contribution >= 0.6 is 11.6 Å². The van der Waals surface area contributed by atoms with E-state index in [9.17, 15) is 14.7 Å². The van der Waals surface area contributed by atoms with Gasteiger partial charge in [0.15, 0.2) is 0 Å². The van der Waals surface area contributed by atoms with Gasteiger partial charge in [0.25, 0.3) is 5.91 Å². The van der Waals surface area contributed by atoms with Gasteiger partial charge in [0.05, 0.1) is 19.0 Å². The summed E-state index contributed by atoms with van der Waals surface area (Å²) in [6.07, 6.45) is -0.170. The molecular weight excluding hydrogens is 475 g/mol. The molecule has 0 atom stereocenters. The van der Waals surface area contributed by atoms with Gasteiger partial charge in [-0.15, -0.1) is 0 Å². The van der Waals surface area contributed by atoms with Crippen LogP contribution in [0.3, 0.4) is 0 Å². The summed E-state index contributed by atoms with van der Waals surface area (Å²) in [6, 6.07) is 11.9. The van der Waals surface area contributed by atoms with Gasteiger partial charge < -0.3 is 11.3 Å². The van der Waals surface area contributed by atoms with Gasteiger partial charge in [0, 0.05) is 21.7 Å². The first-order valence-electron chi connectivity index (χ1n) is 7.62. The van der Waals surface area contributed by atoms with E-state index in [1.54, 1.807) is 56.5 Å². The number of aliphatic carboxylic acids is 1. The van der Waals surface area contributed by atoms with Crippen molar-refractivity contribution in [2.24, 2.45) is 0 Å². The van der Waals surface area contributed by atoms with Crippen molar-refractivity contribution >= 4 is 34.4 Å². The number of carboxylic acids is 1. The Balaban J connectivity index is 0.00000182. The number of rotatable bonds is 4. The summed E-state index contributed by atoms with van der Waals surface area (Å²) in [4.78, 5) is 24.3. The van der Waals surface area contributed by atoms with Gasteiger partial charge in [-0.1, -0.05) is 11.6 Å². The van der Waals surface area contributed by atoms with Crippen molar-refractivity contribution in [2.45, 2.75) is 13.3 Å². The summed E-state index contributed by atoms with van der Waals surface area (Å²) in [7, 11) is 1.54. The van der Waals surface area contributed by atoms with Gasteiger partial charge in [-0.2, -0.15) is 0 Å². The number of fused-ring (bicyclic) bond motifs is 1. The van der Waals surface area contributed by atoms with Crippen molar-refractivity contribution in [3.8, 4) is 5.75 Å². The van der Waals surface area contributed by atoms with Crippen LogP contribution in [0.1, 0.15) is 23.0 Å². The molecule has 0 aliphatic carbocycles. The monoisotopic (exact) mass is 491 g/mol. The van der Waals surface area contributed by atoms with Crippen LogP contribution in [-0.2, 0) is 11.2 Å². The van der Waals surface area contributed by atoms with E-state index in [2.05, 4.69) is 0 Å². The van der Waals surface area contributed by atoms with Crippen molar-refractivity contribution in [3.63, 3.8) is 0 Å². The van der Waals surface area contributed by atoms with E-state index in [1.807, 2.05) is 0 Å². The molecule has 3 aromatic rings. The van der Waals surface area contributed by atoms with Crippen molar-refractivity contribution in [3.05, 3.63) is 64.3 Å². The van der Waals surface area contributed by atoms with E-state index >= 15 is 0 Å². The number of hydrogen-bond acceptors (Lipinski definition) is 3. The molecule has 0 bridgehead atoms. The molecule has 0 saturated heterocycles. The van der Waals surface area contributed by atoms with E-state index < -0.39 is 5.97 Å². The van der Waals surface area contributed by atoms with E-state index in [1.165, 1.54) is 4.57 Å². The molecule has 0 amide bonds. The molecular formula is C19H17ClCsNO4. The van der Waals surface area contributed by atoms with Crippen LogP contribution in [0.5, 0.6) is 5.75 Å². The first-order valence-corrected chi connectivity index (χ1v) is 8.00. The minimum atomic E-state index is -0.955. The Hall–Kier alpha value is -0.738. The average molecular weight is 492 g/mol. The quantitative estimate of drug-likeness (QED) is 0.592. The van der Waals surface area contributed by atoms with Gasteiger partial charge in [-0.3, -0.25) is 14.2 Å². The van der Waals surface area contributed by atoms with E-state index in [4.69, 9.17) is 16.3 Å². The molecule has 3 rings (SSSR count). The predicted molar refractivity (Wildman–Crippen MR) is 96.9 cm³/mol. The zero-order valence-corrected chi connectivity index (χ0v) is 21.8. The molecule has 1 heterocycles. The summed E-state index contributed by atoms with van der Waals surface area (Å²) in [5.74, 6) is -0.583. The Kier molecular flexibility index (Phi) is 7.44. The van der Waals surface area contributed by atoms with Crippen molar-refractivity contribution in [1.29, 1.82) is 0 Å². The Morgan fingerprint density at radius 1 is 1.19 bits per heavy atom. The van der Waals surface area contributed by atoms with Crippen LogP contribution in [0.2, 0.25) is 5.02 Å². The first kappa shape index (κ1) is 21.6. The Labute approximate surface area is 216 Å². The average Bonchev–Trinajstić information content (AvgIpc) is 2.86. The minimum absolute atomic E-state index is 0. The van der Waals surface area contributed by atoms with Crippen molar-refractivity contribution < 1.29 is 89.8 Å². The van der Waals surface area contributed by atoms with E-state index in [0.29, 0.717) is 38.5 Å². The van der Waals surface area contributed by atoms with Crippen LogP contribution in [0, 0.1) is 6.92 Å². The maximum Gasteiger partial charge on any atom is 1.00 e. The number of methoxy groups -OCH3 is 1. The molecule has 0 saturated carbocycles. The molecule has 26 heavy (non-hydrogen) atoms. The van der Waals surface area contributed by atoms with Crippen LogP contribution in [0.25, 0.3) is 10.9 Å². The van der Waals surface area contributed by atoms with Crippen LogP contribution in [0.4, 0.5) is 0 Å². The standard InChI is InChI=1S/C19H16ClNO4.Cs.H/c1-11-15(10-18(22)23)16-9-14(25-2)7-8-17(16)21(11)19(24)12-3-5-13(20)6-4-12;;/h3-9H,10H2,1-2H3,(H,22,23);;/q;+1;-1. The van der Waals surface area contributed by atoms with Gasteiger partial charge >= 0.3 is 74.9 Å². The number of ether oxygens (including phenoxy) is 1. The summed E-state index contributed by atoms with van der Waals surface area (Å²) in [6.45, 7) is 1.75. The molecule has 0 spiro atoms. The van der Waals surface area contributed by atoms with Crippen LogP contribution in [0.15, 0.2) is 42.5 Å². The second kappa shape index (κ2) is 8.97. The van der Waals surface area contributed by atoms with Crippen LogP contribution < -0.4 is 73.6 Å². The number of aromatic nitrogens is 1. The van der Waals surface area contributed by atoms with Gasteiger partial charge in [-0.25, -0.2) is 0 Å². The molecule has 1 N–H and O–H groups in total. The van der Waals surface area contributed by atoms with Crippen LogP contribution in [-0.4, -0.2) is 28.7 Å². The minimum Gasteiger partial charge on any atom is -1.00 e. The number of hydrogen-bond donors (Lipinski definition) is 1. The number of carbonyl (C=O) groups is 2. The summed E-state index contributed by atoms with van der Waals surface area (Å²) in [5, 5.41) is 10.5. The maximum absolute atomic E-state index is 13.0. The maximum atomic E-state index is 13.0. The molecule has 130 valence electrons. The SMILES string of the molecule is COc1ccc2c(c1)c(CC(=O)O)c(C)n2C(=O)c1ccc(Cl)cc1.[Cs+].[H-]. The Morgan fingerprint density at radius 3 is 2.42 bits per heavy atom. The zero-order chi connectivity index (χ0) is 18.1. The topological polar surface area (TPSA) is 68.5 Å². The largest absolute Gasteiger partial charge is 1.00 e. The molecule has 0 aliphatic heterocycles. The fourth-order valence-corrected chi connectivity index (χ4v) is 3.07. The molecule has 7 heteroatoms. The molecule has 5 nitrogen and oxygen atoms in total. The van der Waals surface area contributed by atoms with Crippen molar-refractivity contribution in [2.75, 3.05) is 7.11 Å². The first-order chi connectivity index (χ1) is 11.9. The molecule has 2 aromatic carbocycles. The van der Waals surface area contributed by atoms with E-state index in [0.717, 1.165) is 0 Å². The van der Waals surface area contributed by atoms with Gasteiger partial charge in [-0.05, 0) is 55.0 Å². The number of carbonyl (C=O) groups excluding carboxylic acids is 1. The molecule has 1 aromatic heterocycles. The smallest absolute Gasteiger partial charge is 1.00 e. The predicted octanol–water partition coefficient (Wildman–Crippen LogP) is 1.04. The Morgan fingerprint density at radius 2 is 1.85 bits per heavy atom. The number of nitrogens with zero attached hydrogens (tertiary/aromatic N) is 1. The fraction of sp³-hybridized carbons (Fsp3) is 0.158. The van der Waals surface area contributed by atoms with E-state index in [-0.39, 0.29) is 82.6 Å². The Bertz CT molecular complexity index is 986. The summed E-state index contributed by atoms with van der Waals surface area (Å²) < 4.78 is 6.77. The third-order valence-electron chi connectivity index (χ3n) is 4.16. The fourth-order valence-electron chi connectivity index (χ4n) is 2.95. The summed E-state index contributed by atoms with van der Waals surface area (Å²) in [5.41, 5.74) is 2.32. The second-order valence-corrected chi connectivity index (χ2v) is 6.10. The third-order valence-corrected chi connectivity index (χ3v) is 4.42. The summed E-state index contributed by atoms with van der Waals surface area (Å²) >= 11 is 5.89. The van der Waals surface area contributed by atoms with Gasteiger partial charge in [0.2, 0.25) is 0 Å². The zero-order valence-electron chi connectivity index (χ0n) is 15.7. The van der Waals surface area contributed by atoms with Gasteiger partial charge in [0.1, 0.15) is 5.75 Å². The second-order valence-electron chi connectivity index (χ2n) is 5.67. The van der Waals surface area contributed by atoms with Crippen molar-refractivity contribution in [1.82, 2.24) is 4.57 Å². The third kappa shape index (κ3) is 4.22.